The number of aryl methyl sites for hydroxylation is 1. The van der Waals surface area contributed by atoms with Crippen molar-refractivity contribution in [3.8, 4) is 0 Å². The lowest BCUT2D eigenvalue weighted by Crippen LogP contribution is -2.30. The molecule has 94 valence electrons. The summed E-state index contributed by atoms with van der Waals surface area (Å²) in [5.41, 5.74) is 1.32. The number of ether oxygens (including phenoxy) is 1. The van der Waals surface area contributed by atoms with Crippen molar-refractivity contribution in [1.29, 1.82) is 0 Å². The second-order valence-corrected chi connectivity index (χ2v) is 4.31. The second kappa shape index (κ2) is 8.09. The van der Waals surface area contributed by atoms with E-state index >= 15 is 0 Å². The molecule has 0 heterocycles. The highest BCUT2D eigenvalue weighted by atomic mass is 35.5. The summed E-state index contributed by atoms with van der Waals surface area (Å²) in [4.78, 5) is 11.0. The van der Waals surface area contributed by atoms with Crippen LogP contribution >= 0.6 is 11.6 Å². The minimum absolute atomic E-state index is 0.387. The number of methoxy groups -OCH3 is 1. The van der Waals surface area contributed by atoms with Crippen LogP contribution in [0.25, 0.3) is 0 Å². The Morgan fingerprint density at radius 3 is 2.76 bits per heavy atom. The molecule has 4 heteroatoms. The van der Waals surface area contributed by atoms with Crippen molar-refractivity contribution in [2.24, 2.45) is 0 Å². The fourth-order valence-electron chi connectivity index (χ4n) is 1.50. The summed E-state index contributed by atoms with van der Waals surface area (Å²) >= 11 is 5.79. The number of alkyl halides is 1. The van der Waals surface area contributed by atoms with Crippen molar-refractivity contribution in [3.05, 3.63) is 35.9 Å². The van der Waals surface area contributed by atoms with Crippen molar-refractivity contribution < 1.29 is 9.53 Å². The third-order valence-corrected chi connectivity index (χ3v) is 2.77. The fourth-order valence-corrected chi connectivity index (χ4v) is 1.70. The molecule has 1 rings (SSSR count). The minimum atomic E-state index is -0.600. The van der Waals surface area contributed by atoms with Crippen LogP contribution in [0.1, 0.15) is 12.0 Å². The van der Waals surface area contributed by atoms with Crippen molar-refractivity contribution in [3.63, 3.8) is 0 Å². The first-order valence-electron chi connectivity index (χ1n) is 5.70. The van der Waals surface area contributed by atoms with Gasteiger partial charge in [0.15, 0.2) is 0 Å². The van der Waals surface area contributed by atoms with Crippen LogP contribution in [0.4, 0.5) is 0 Å². The molecule has 0 aliphatic rings. The van der Waals surface area contributed by atoms with Crippen LogP contribution in [-0.2, 0) is 16.0 Å². The van der Waals surface area contributed by atoms with Crippen molar-refractivity contribution >= 4 is 17.6 Å². The summed E-state index contributed by atoms with van der Waals surface area (Å²) in [6.07, 6.45) is 2.05. The molecule has 0 aliphatic carbocycles. The number of rotatable bonds is 7. The maximum Gasteiger partial charge on any atom is 0.325 e. The molecule has 0 spiro atoms. The summed E-state index contributed by atoms with van der Waals surface area (Å²) in [6.45, 7) is 1.29. The normalized spacial score (nSPS) is 12.1. The van der Waals surface area contributed by atoms with Gasteiger partial charge in [0.05, 0.1) is 7.11 Å². The van der Waals surface area contributed by atoms with E-state index < -0.39 is 5.38 Å². The van der Waals surface area contributed by atoms with Gasteiger partial charge in [0, 0.05) is 6.54 Å². The van der Waals surface area contributed by atoms with Gasteiger partial charge in [0.1, 0.15) is 5.38 Å². The molecule has 0 aliphatic heterocycles. The van der Waals surface area contributed by atoms with Crippen molar-refractivity contribution in [2.75, 3.05) is 20.2 Å². The number of benzene rings is 1. The Balaban J connectivity index is 2.07. The molecule has 0 aromatic heterocycles. The summed E-state index contributed by atoms with van der Waals surface area (Å²) in [5, 5.41) is 2.54. The molecule has 17 heavy (non-hydrogen) atoms. The summed E-state index contributed by atoms with van der Waals surface area (Å²) in [5.74, 6) is -0.387. The van der Waals surface area contributed by atoms with E-state index in [0.717, 1.165) is 19.4 Å². The second-order valence-electron chi connectivity index (χ2n) is 3.78. The van der Waals surface area contributed by atoms with E-state index in [1.54, 1.807) is 0 Å². The van der Waals surface area contributed by atoms with Crippen molar-refractivity contribution in [1.82, 2.24) is 5.32 Å². The van der Waals surface area contributed by atoms with Crippen LogP contribution in [0.5, 0.6) is 0 Å². The lowest BCUT2D eigenvalue weighted by Gasteiger charge is -2.08. The average Bonchev–Trinajstić information content (AvgIpc) is 2.38. The van der Waals surface area contributed by atoms with Crippen LogP contribution in [-0.4, -0.2) is 31.5 Å². The Labute approximate surface area is 107 Å². The SMILES string of the molecule is COC(=O)C(Cl)CNCCCc1ccccc1. The fraction of sp³-hybridized carbons (Fsp3) is 0.462. The van der Waals surface area contributed by atoms with Crippen LogP contribution in [0.15, 0.2) is 30.3 Å². The average molecular weight is 256 g/mol. The molecule has 3 nitrogen and oxygen atoms in total. The highest BCUT2D eigenvalue weighted by Gasteiger charge is 2.14. The van der Waals surface area contributed by atoms with Gasteiger partial charge in [0.2, 0.25) is 0 Å². The quantitative estimate of drug-likeness (QED) is 0.460. The van der Waals surface area contributed by atoms with E-state index in [1.807, 2.05) is 18.2 Å². The lowest BCUT2D eigenvalue weighted by molar-refractivity contribution is -0.140. The molecule has 0 saturated heterocycles. The van der Waals surface area contributed by atoms with Crippen LogP contribution in [0.3, 0.4) is 0 Å². The summed E-state index contributed by atoms with van der Waals surface area (Å²) in [7, 11) is 1.34. The molecule has 0 bridgehead atoms. The van der Waals surface area contributed by atoms with E-state index in [-0.39, 0.29) is 5.97 Å². The van der Waals surface area contributed by atoms with Gasteiger partial charge in [-0.15, -0.1) is 11.6 Å². The maximum absolute atomic E-state index is 11.0. The molecule has 0 amide bonds. The van der Waals surface area contributed by atoms with Crippen LogP contribution in [0, 0.1) is 0 Å². The predicted molar refractivity (Wildman–Crippen MR) is 69.3 cm³/mol. The Kier molecular flexibility index (Phi) is 6.67. The van der Waals surface area contributed by atoms with Gasteiger partial charge < -0.3 is 10.1 Å². The molecule has 1 N–H and O–H groups in total. The van der Waals surface area contributed by atoms with Gasteiger partial charge in [-0.25, -0.2) is 0 Å². The first-order valence-corrected chi connectivity index (χ1v) is 6.14. The molecule has 1 unspecified atom stereocenters. The monoisotopic (exact) mass is 255 g/mol. The standard InChI is InChI=1S/C13H18ClNO2/c1-17-13(16)12(14)10-15-9-5-8-11-6-3-2-4-7-11/h2-4,6-7,12,15H,5,8-10H2,1H3. The van der Waals surface area contributed by atoms with E-state index in [2.05, 4.69) is 22.2 Å². The number of hydrogen-bond acceptors (Lipinski definition) is 3. The Morgan fingerprint density at radius 2 is 2.12 bits per heavy atom. The zero-order chi connectivity index (χ0) is 12.5. The molecule has 0 saturated carbocycles. The topological polar surface area (TPSA) is 38.3 Å². The number of esters is 1. The smallest absolute Gasteiger partial charge is 0.325 e. The van der Waals surface area contributed by atoms with Crippen LogP contribution < -0.4 is 5.32 Å². The number of carbonyl (C=O) groups is 1. The van der Waals surface area contributed by atoms with Gasteiger partial charge in [-0.05, 0) is 24.9 Å². The summed E-state index contributed by atoms with van der Waals surface area (Å²) < 4.78 is 4.53. The molecule has 1 aromatic rings. The molecular weight excluding hydrogens is 238 g/mol. The van der Waals surface area contributed by atoms with E-state index in [4.69, 9.17) is 11.6 Å². The van der Waals surface area contributed by atoms with Gasteiger partial charge in [-0.1, -0.05) is 30.3 Å². The van der Waals surface area contributed by atoms with Gasteiger partial charge in [-0.3, -0.25) is 4.79 Å². The Hall–Kier alpha value is -1.06. The minimum Gasteiger partial charge on any atom is -0.468 e. The molecule has 1 aromatic carbocycles. The first-order chi connectivity index (χ1) is 8.24. The third-order valence-electron chi connectivity index (χ3n) is 2.44. The predicted octanol–water partition coefficient (Wildman–Crippen LogP) is 1.99. The van der Waals surface area contributed by atoms with Gasteiger partial charge in [0.25, 0.3) is 0 Å². The number of nitrogens with one attached hydrogen (secondary N) is 1. The van der Waals surface area contributed by atoms with Gasteiger partial charge in [-0.2, -0.15) is 0 Å². The lowest BCUT2D eigenvalue weighted by atomic mass is 10.1. The zero-order valence-corrected chi connectivity index (χ0v) is 10.7. The highest BCUT2D eigenvalue weighted by molar-refractivity contribution is 6.30. The molecule has 1 atom stereocenters. The Morgan fingerprint density at radius 1 is 1.41 bits per heavy atom. The van der Waals surface area contributed by atoms with Gasteiger partial charge >= 0.3 is 5.97 Å². The van der Waals surface area contributed by atoms with E-state index in [1.165, 1.54) is 12.7 Å². The highest BCUT2D eigenvalue weighted by Crippen LogP contribution is 2.02. The van der Waals surface area contributed by atoms with Crippen LogP contribution in [0.2, 0.25) is 0 Å². The number of hydrogen-bond donors (Lipinski definition) is 1. The summed E-state index contributed by atoms with van der Waals surface area (Å²) in [6, 6.07) is 10.3. The zero-order valence-electron chi connectivity index (χ0n) is 9.99. The molecular formula is C13H18ClNO2. The van der Waals surface area contributed by atoms with E-state index in [0.29, 0.717) is 6.54 Å². The maximum atomic E-state index is 11.0. The largest absolute Gasteiger partial charge is 0.468 e. The third kappa shape index (κ3) is 5.71. The number of halogens is 1. The molecule has 0 fully saturated rings. The van der Waals surface area contributed by atoms with Crippen molar-refractivity contribution in [2.45, 2.75) is 18.2 Å². The number of carbonyl (C=O) groups excluding carboxylic acids is 1. The van der Waals surface area contributed by atoms with E-state index in [9.17, 15) is 4.79 Å². The Bertz CT molecular complexity index is 329. The first kappa shape index (κ1) is 14.0. The molecule has 0 radical (unpaired) electrons.